The van der Waals surface area contributed by atoms with Crippen molar-refractivity contribution in [3.8, 4) is 5.75 Å². The maximum absolute atomic E-state index is 14.0. The first-order chi connectivity index (χ1) is 16.6. The Hall–Kier alpha value is -3.54. The molecule has 0 saturated carbocycles. The Morgan fingerprint density at radius 1 is 1.23 bits per heavy atom. The first-order valence-electron chi connectivity index (χ1n) is 11.2. The third-order valence-electron chi connectivity index (χ3n) is 7.14. The number of nitrogens with one attached hydrogen (secondary N) is 1. The van der Waals surface area contributed by atoms with Crippen LogP contribution >= 0.6 is 0 Å². The Kier molecular flexibility index (Phi) is 5.50. The van der Waals surface area contributed by atoms with Crippen molar-refractivity contribution in [2.75, 3.05) is 24.9 Å². The van der Waals surface area contributed by atoms with Gasteiger partial charge in [-0.3, -0.25) is 24.1 Å². The van der Waals surface area contributed by atoms with Gasteiger partial charge in [0.1, 0.15) is 29.7 Å². The average molecular weight is 492 g/mol. The second-order valence-corrected chi connectivity index (χ2v) is 9.17. The Morgan fingerprint density at radius 3 is 2.60 bits per heavy atom. The summed E-state index contributed by atoms with van der Waals surface area (Å²) in [6.45, 7) is 2.28. The first-order valence-corrected chi connectivity index (χ1v) is 11.2. The van der Waals surface area contributed by atoms with Gasteiger partial charge in [0.25, 0.3) is 11.8 Å². The number of aromatic hydroxyl groups is 1. The molecule has 35 heavy (non-hydrogen) atoms. The summed E-state index contributed by atoms with van der Waals surface area (Å²) < 4.78 is 48.1. The molecular formula is C23H23F3N4O5. The van der Waals surface area contributed by atoms with E-state index < -0.39 is 63.7 Å². The van der Waals surface area contributed by atoms with E-state index in [1.807, 2.05) is 11.9 Å². The fraction of sp³-hybridized carbons (Fsp3) is 0.435. The molecule has 3 aliphatic rings. The number of benzene rings is 1. The van der Waals surface area contributed by atoms with Crippen LogP contribution in [0.25, 0.3) is 0 Å². The summed E-state index contributed by atoms with van der Waals surface area (Å²) in [6, 6.07) is 0.812. The van der Waals surface area contributed by atoms with Crippen molar-refractivity contribution in [2.24, 2.45) is 0 Å². The zero-order chi connectivity index (χ0) is 25.1. The zero-order valence-corrected chi connectivity index (χ0v) is 18.8. The van der Waals surface area contributed by atoms with Crippen LogP contribution in [-0.4, -0.2) is 58.0 Å². The van der Waals surface area contributed by atoms with Crippen molar-refractivity contribution < 1.29 is 32.6 Å². The molecule has 2 bridgehead atoms. The number of carbonyl (C=O) groups is 2. The van der Waals surface area contributed by atoms with Gasteiger partial charge in [-0.25, -0.2) is 13.2 Å². The van der Waals surface area contributed by atoms with E-state index in [2.05, 4.69) is 5.32 Å². The molecule has 2 atom stereocenters. The van der Waals surface area contributed by atoms with Gasteiger partial charge in [-0.2, -0.15) is 0 Å². The van der Waals surface area contributed by atoms with E-state index in [9.17, 15) is 32.7 Å². The Labute approximate surface area is 197 Å². The summed E-state index contributed by atoms with van der Waals surface area (Å²) in [6.07, 6.45) is 3.19. The normalized spacial score (nSPS) is 23.4. The van der Waals surface area contributed by atoms with Gasteiger partial charge in [0.2, 0.25) is 5.43 Å². The predicted octanol–water partition coefficient (Wildman–Crippen LogP) is 1.59. The van der Waals surface area contributed by atoms with Crippen molar-refractivity contribution in [1.82, 2.24) is 14.9 Å². The molecule has 1 aromatic carbocycles. The molecule has 2 saturated heterocycles. The molecule has 0 aliphatic carbocycles. The first kappa shape index (κ1) is 23.2. The van der Waals surface area contributed by atoms with Crippen molar-refractivity contribution in [2.45, 2.75) is 44.3 Å². The van der Waals surface area contributed by atoms with Crippen LogP contribution in [0.15, 0.2) is 23.1 Å². The highest BCUT2D eigenvalue weighted by atomic mass is 19.1. The van der Waals surface area contributed by atoms with Gasteiger partial charge in [0.05, 0.1) is 12.1 Å². The number of fused-ring (bicyclic) bond motifs is 5. The number of nitrogens with zero attached hydrogens (tertiary/aromatic N) is 3. The standard InChI is InChI=1S/C23H23F3N4O5/c1-12-2-3-23(4-5-35-10-23)30-11-28(12)22(34)18-20(32)19(31)15(9-29(18)30)21(33)27-8-14-16(25)6-13(24)7-17(14)26/h6-7,9,12,32H,2-5,8,10-11H2,1H3,(H,27,33)/t12-,23+/m0/s1. The number of rotatable bonds is 3. The molecule has 3 aliphatic heterocycles. The lowest BCUT2D eigenvalue weighted by Gasteiger charge is -2.46. The molecule has 0 unspecified atom stereocenters. The smallest absolute Gasteiger partial charge is 0.278 e. The monoisotopic (exact) mass is 492 g/mol. The van der Waals surface area contributed by atoms with Crippen LogP contribution in [0, 0.1) is 17.5 Å². The number of hydrogen-bond donors (Lipinski definition) is 2. The van der Waals surface area contributed by atoms with Crippen LogP contribution < -0.4 is 15.8 Å². The quantitative estimate of drug-likeness (QED) is 0.675. The average Bonchev–Trinajstić information content (AvgIpc) is 3.24. The molecular weight excluding hydrogens is 469 g/mol. The number of carbonyl (C=O) groups excluding carboxylic acids is 2. The molecule has 9 nitrogen and oxygen atoms in total. The van der Waals surface area contributed by atoms with Crippen LogP contribution in [0.1, 0.15) is 52.6 Å². The van der Waals surface area contributed by atoms with E-state index in [0.29, 0.717) is 44.6 Å². The predicted molar refractivity (Wildman–Crippen MR) is 116 cm³/mol. The minimum absolute atomic E-state index is 0.142. The van der Waals surface area contributed by atoms with E-state index in [4.69, 9.17) is 4.74 Å². The summed E-state index contributed by atoms with van der Waals surface area (Å²) in [5.41, 5.74) is -2.95. The topological polar surface area (TPSA) is 104 Å². The molecule has 4 heterocycles. The van der Waals surface area contributed by atoms with Crippen molar-refractivity contribution in [1.29, 1.82) is 0 Å². The van der Waals surface area contributed by atoms with Crippen LogP contribution in [-0.2, 0) is 11.3 Å². The van der Waals surface area contributed by atoms with Crippen LogP contribution in [0.2, 0.25) is 0 Å². The maximum Gasteiger partial charge on any atom is 0.278 e. The number of hydrogen-bond acceptors (Lipinski definition) is 6. The summed E-state index contributed by atoms with van der Waals surface area (Å²) >= 11 is 0. The van der Waals surface area contributed by atoms with E-state index in [1.165, 1.54) is 4.68 Å². The second-order valence-electron chi connectivity index (χ2n) is 9.17. The molecule has 2 N–H and O–H groups in total. The molecule has 186 valence electrons. The highest BCUT2D eigenvalue weighted by molar-refractivity contribution is 5.99. The summed E-state index contributed by atoms with van der Waals surface area (Å²) in [5, 5.41) is 14.8. The van der Waals surface area contributed by atoms with Gasteiger partial charge in [0.15, 0.2) is 11.4 Å². The van der Waals surface area contributed by atoms with E-state index in [1.54, 1.807) is 4.90 Å². The fourth-order valence-corrected chi connectivity index (χ4v) is 5.04. The van der Waals surface area contributed by atoms with Gasteiger partial charge in [-0.1, -0.05) is 0 Å². The highest BCUT2D eigenvalue weighted by Crippen LogP contribution is 2.38. The summed E-state index contributed by atoms with van der Waals surface area (Å²) in [5.74, 6) is -5.94. The molecule has 2 fully saturated rings. The lowest BCUT2D eigenvalue weighted by molar-refractivity contribution is 0.0611. The van der Waals surface area contributed by atoms with Crippen molar-refractivity contribution in [3.63, 3.8) is 0 Å². The van der Waals surface area contributed by atoms with Crippen molar-refractivity contribution >= 4 is 11.8 Å². The van der Waals surface area contributed by atoms with E-state index in [-0.39, 0.29) is 18.4 Å². The fourth-order valence-electron chi connectivity index (χ4n) is 5.04. The maximum atomic E-state index is 14.0. The Morgan fingerprint density at radius 2 is 1.94 bits per heavy atom. The Balaban J connectivity index is 1.54. The molecule has 0 radical (unpaired) electrons. The molecule has 5 rings (SSSR count). The number of amides is 2. The lowest BCUT2D eigenvalue weighted by Crippen LogP contribution is -2.63. The van der Waals surface area contributed by atoms with Crippen LogP contribution in [0.5, 0.6) is 5.75 Å². The molecule has 2 aromatic rings. The largest absolute Gasteiger partial charge is 0.502 e. The van der Waals surface area contributed by atoms with Gasteiger partial charge < -0.3 is 20.1 Å². The number of ether oxygens (including phenoxy) is 1. The van der Waals surface area contributed by atoms with Gasteiger partial charge in [-0.15, -0.1) is 0 Å². The Bertz CT molecular complexity index is 1270. The molecule has 1 aromatic heterocycles. The second kappa shape index (κ2) is 8.29. The summed E-state index contributed by atoms with van der Waals surface area (Å²) in [4.78, 5) is 40.5. The zero-order valence-electron chi connectivity index (χ0n) is 18.8. The van der Waals surface area contributed by atoms with E-state index in [0.717, 1.165) is 6.20 Å². The van der Waals surface area contributed by atoms with Gasteiger partial charge in [-0.05, 0) is 26.2 Å². The van der Waals surface area contributed by atoms with Gasteiger partial charge >= 0.3 is 0 Å². The lowest BCUT2D eigenvalue weighted by atomic mass is 9.91. The molecule has 12 heteroatoms. The molecule has 2 amide bonds. The minimum atomic E-state index is -1.19. The van der Waals surface area contributed by atoms with Crippen molar-refractivity contribution in [3.05, 3.63) is 62.8 Å². The SMILES string of the molecule is C[C@H]1CC[C@]2(CCOC2)N2CN1C(=O)c1c(O)c(=O)c(C(=O)NCc3c(F)cc(F)cc3F)cn12. The minimum Gasteiger partial charge on any atom is -0.502 e. The van der Waals surface area contributed by atoms with E-state index >= 15 is 0 Å². The third kappa shape index (κ3) is 3.63. The van der Waals surface area contributed by atoms with Crippen LogP contribution in [0.3, 0.4) is 0 Å². The number of pyridine rings is 1. The highest BCUT2D eigenvalue weighted by Gasteiger charge is 2.49. The summed E-state index contributed by atoms with van der Waals surface area (Å²) in [7, 11) is 0. The van der Waals surface area contributed by atoms with Crippen LogP contribution in [0.4, 0.5) is 13.2 Å². The third-order valence-corrected chi connectivity index (χ3v) is 7.14. The number of halogens is 3. The van der Waals surface area contributed by atoms with Gasteiger partial charge in [0, 0.05) is 43.1 Å². The number of aromatic nitrogens is 1. The molecule has 1 spiro atoms.